The van der Waals surface area contributed by atoms with Gasteiger partial charge < -0.3 is 10.1 Å². The van der Waals surface area contributed by atoms with E-state index in [1.165, 1.54) is 0 Å². The first-order chi connectivity index (χ1) is 12.0. The van der Waals surface area contributed by atoms with Gasteiger partial charge in [-0.15, -0.1) is 0 Å². The standard InChI is InChI=1S/C21H24ClNO2/c1-13(2)20(14-8-10-15(25-3)11-9-14)23-21(24)18-12-17(18)16-6-4-5-7-19(16)22/h4-11,13,17-18,20H,12H2,1-3H3,(H,23,24). The minimum Gasteiger partial charge on any atom is -0.497 e. The van der Waals surface area contributed by atoms with E-state index in [0.717, 1.165) is 28.3 Å². The minimum atomic E-state index is -0.00842. The first-order valence-corrected chi connectivity index (χ1v) is 9.07. The molecule has 1 fully saturated rings. The SMILES string of the molecule is COc1ccc(C(NC(=O)C2CC2c2ccccc2Cl)C(C)C)cc1. The van der Waals surface area contributed by atoms with Gasteiger partial charge in [0.2, 0.25) is 5.91 Å². The van der Waals surface area contributed by atoms with Crippen molar-refractivity contribution in [3.63, 3.8) is 0 Å². The largest absolute Gasteiger partial charge is 0.497 e. The number of hydrogen-bond donors (Lipinski definition) is 1. The molecule has 0 radical (unpaired) electrons. The lowest BCUT2D eigenvalue weighted by atomic mass is 9.95. The minimum absolute atomic E-state index is 0.00842. The molecule has 0 bridgehead atoms. The molecule has 1 amide bonds. The lowest BCUT2D eigenvalue weighted by molar-refractivity contribution is -0.123. The van der Waals surface area contributed by atoms with Crippen LogP contribution in [0.3, 0.4) is 0 Å². The maximum absolute atomic E-state index is 12.7. The number of halogens is 1. The summed E-state index contributed by atoms with van der Waals surface area (Å²) in [5.74, 6) is 1.48. The molecule has 2 aromatic rings. The monoisotopic (exact) mass is 357 g/mol. The van der Waals surface area contributed by atoms with Crippen LogP contribution in [0.15, 0.2) is 48.5 Å². The molecule has 132 valence electrons. The quantitative estimate of drug-likeness (QED) is 0.793. The lowest BCUT2D eigenvalue weighted by Gasteiger charge is -2.23. The fourth-order valence-electron chi connectivity index (χ4n) is 3.31. The van der Waals surface area contributed by atoms with E-state index in [9.17, 15) is 4.79 Å². The molecular formula is C21H24ClNO2. The van der Waals surface area contributed by atoms with Gasteiger partial charge in [-0.25, -0.2) is 0 Å². The summed E-state index contributed by atoms with van der Waals surface area (Å²) in [5.41, 5.74) is 2.17. The van der Waals surface area contributed by atoms with Crippen molar-refractivity contribution in [3.05, 3.63) is 64.7 Å². The molecule has 0 aromatic heterocycles. The van der Waals surface area contributed by atoms with Crippen molar-refractivity contribution in [3.8, 4) is 5.75 Å². The summed E-state index contributed by atoms with van der Waals surface area (Å²) in [5, 5.41) is 3.98. The van der Waals surface area contributed by atoms with Crippen molar-refractivity contribution in [2.75, 3.05) is 7.11 Å². The number of carbonyl (C=O) groups excluding carboxylic acids is 1. The molecule has 0 heterocycles. The number of methoxy groups -OCH3 is 1. The Kier molecular flexibility index (Phi) is 5.33. The predicted molar refractivity (Wildman–Crippen MR) is 101 cm³/mol. The molecule has 3 nitrogen and oxygen atoms in total. The highest BCUT2D eigenvalue weighted by molar-refractivity contribution is 6.31. The number of rotatable bonds is 6. The Morgan fingerprint density at radius 2 is 1.84 bits per heavy atom. The number of carbonyl (C=O) groups is 1. The van der Waals surface area contributed by atoms with Gasteiger partial charge in [-0.05, 0) is 47.6 Å². The molecule has 1 aliphatic rings. The Bertz CT molecular complexity index is 742. The van der Waals surface area contributed by atoms with E-state index in [1.54, 1.807) is 7.11 Å². The van der Waals surface area contributed by atoms with Gasteiger partial charge in [0.05, 0.1) is 13.2 Å². The maximum Gasteiger partial charge on any atom is 0.224 e. The Labute approximate surface area is 154 Å². The van der Waals surface area contributed by atoms with Gasteiger partial charge in [0.1, 0.15) is 5.75 Å². The Balaban J connectivity index is 1.69. The highest BCUT2D eigenvalue weighted by atomic mass is 35.5. The van der Waals surface area contributed by atoms with Gasteiger partial charge in [-0.1, -0.05) is 55.8 Å². The fourth-order valence-corrected chi connectivity index (χ4v) is 3.59. The normalized spacial score (nSPS) is 20.2. The Hall–Kier alpha value is -2.00. The van der Waals surface area contributed by atoms with Crippen LogP contribution < -0.4 is 10.1 Å². The van der Waals surface area contributed by atoms with Crippen molar-refractivity contribution >= 4 is 17.5 Å². The summed E-state index contributed by atoms with van der Waals surface area (Å²) in [6.07, 6.45) is 0.864. The zero-order valence-electron chi connectivity index (χ0n) is 14.8. The maximum atomic E-state index is 12.7. The molecule has 25 heavy (non-hydrogen) atoms. The molecule has 1 saturated carbocycles. The van der Waals surface area contributed by atoms with E-state index in [0.29, 0.717) is 5.92 Å². The van der Waals surface area contributed by atoms with Crippen LogP contribution in [-0.2, 0) is 4.79 Å². The van der Waals surface area contributed by atoms with Crippen LogP contribution >= 0.6 is 11.6 Å². The number of nitrogens with one attached hydrogen (secondary N) is 1. The van der Waals surface area contributed by atoms with Crippen molar-refractivity contribution in [2.24, 2.45) is 11.8 Å². The molecule has 3 unspecified atom stereocenters. The van der Waals surface area contributed by atoms with Gasteiger partial charge in [0.25, 0.3) is 0 Å². The zero-order chi connectivity index (χ0) is 18.0. The number of ether oxygens (including phenoxy) is 1. The van der Waals surface area contributed by atoms with Gasteiger partial charge in [-0.2, -0.15) is 0 Å². The first-order valence-electron chi connectivity index (χ1n) is 8.70. The van der Waals surface area contributed by atoms with Crippen LogP contribution in [0.25, 0.3) is 0 Å². The summed E-state index contributed by atoms with van der Waals surface area (Å²) in [4.78, 5) is 12.7. The molecule has 1 aliphatic carbocycles. The molecule has 0 aliphatic heterocycles. The van der Waals surface area contributed by atoms with E-state index >= 15 is 0 Å². The molecule has 0 saturated heterocycles. The van der Waals surface area contributed by atoms with Crippen molar-refractivity contribution in [1.82, 2.24) is 5.32 Å². The van der Waals surface area contributed by atoms with E-state index in [-0.39, 0.29) is 23.8 Å². The molecule has 3 atom stereocenters. The van der Waals surface area contributed by atoms with Gasteiger partial charge in [0, 0.05) is 10.9 Å². The number of amides is 1. The Morgan fingerprint density at radius 3 is 2.44 bits per heavy atom. The van der Waals surface area contributed by atoms with Gasteiger partial charge in [0.15, 0.2) is 0 Å². The third-order valence-electron chi connectivity index (χ3n) is 4.87. The summed E-state index contributed by atoms with van der Waals surface area (Å²) in [6.45, 7) is 4.24. The average molecular weight is 358 g/mol. The van der Waals surface area contributed by atoms with Crippen LogP contribution in [0.4, 0.5) is 0 Å². The third-order valence-corrected chi connectivity index (χ3v) is 5.22. The molecule has 4 heteroatoms. The van der Waals surface area contributed by atoms with Crippen LogP contribution in [-0.4, -0.2) is 13.0 Å². The summed E-state index contributed by atoms with van der Waals surface area (Å²) < 4.78 is 5.21. The number of hydrogen-bond acceptors (Lipinski definition) is 2. The molecule has 3 rings (SSSR count). The first kappa shape index (κ1) is 17.8. The zero-order valence-corrected chi connectivity index (χ0v) is 15.6. The topological polar surface area (TPSA) is 38.3 Å². The highest BCUT2D eigenvalue weighted by Gasteiger charge is 2.45. The smallest absolute Gasteiger partial charge is 0.224 e. The summed E-state index contributed by atoms with van der Waals surface area (Å²) in [7, 11) is 1.65. The van der Waals surface area contributed by atoms with Crippen LogP contribution in [0.2, 0.25) is 5.02 Å². The summed E-state index contributed by atoms with van der Waals surface area (Å²) in [6, 6.07) is 15.7. The van der Waals surface area contributed by atoms with Crippen molar-refractivity contribution < 1.29 is 9.53 Å². The van der Waals surface area contributed by atoms with Gasteiger partial charge in [-0.3, -0.25) is 4.79 Å². The van der Waals surface area contributed by atoms with Crippen LogP contribution in [0.1, 0.15) is 43.4 Å². The predicted octanol–water partition coefficient (Wildman–Crippen LogP) is 4.97. The van der Waals surface area contributed by atoms with E-state index < -0.39 is 0 Å². The van der Waals surface area contributed by atoms with Crippen molar-refractivity contribution in [2.45, 2.75) is 32.2 Å². The lowest BCUT2D eigenvalue weighted by Crippen LogP contribution is -2.33. The molecule has 0 spiro atoms. The Morgan fingerprint density at radius 1 is 1.16 bits per heavy atom. The second kappa shape index (κ2) is 7.49. The third kappa shape index (κ3) is 3.98. The number of benzene rings is 2. The van der Waals surface area contributed by atoms with Crippen LogP contribution in [0.5, 0.6) is 5.75 Å². The van der Waals surface area contributed by atoms with Crippen LogP contribution in [0, 0.1) is 11.8 Å². The van der Waals surface area contributed by atoms with Crippen molar-refractivity contribution in [1.29, 1.82) is 0 Å². The fraction of sp³-hybridized carbons (Fsp3) is 0.381. The average Bonchev–Trinajstić information content (AvgIpc) is 3.40. The molecule has 1 N–H and O–H groups in total. The molecular weight excluding hydrogens is 334 g/mol. The second-order valence-electron chi connectivity index (χ2n) is 6.97. The summed E-state index contributed by atoms with van der Waals surface area (Å²) >= 11 is 6.27. The van der Waals surface area contributed by atoms with E-state index in [2.05, 4.69) is 19.2 Å². The second-order valence-corrected chi connectivity index (χ2v) is 7.38. The van der Waals surface area contributed by atoms with E-state index in [4.69, 9.17) is 16.3 Å². The van der Waals surface area contributed by atoms with Gasteiger partial charge >= 0.3 is 0 Å². The highest BCUT2D eigenvalue weighted by Crippen LogP contribution is 2.49. The molecule has 2 aromatic carbocycles. The van der Waals surface area contributed by atoms with E-state index in [1.807, 2.05) is 48.5 Å².